The lowest BCUT2D eigenvalue weighted by atomic mass is 10.1. The number of hydrogen-bond donors (Lipinski definition) is 1. The fraction of sp³-hybridized carbons (Fsp3) is 0.778. The van der Waals surface area contributed by atoms with Crippen LogP contribution < -0.4 is 5.32 Å². The summed E-state index contributed by atoms with van der Waals surface area (Å²) < 4.78 is 8.26. The topological polar surface area (TPSA) is 41.0 Å². The highest BCUT2D eigenvalue weighted by atomic mass is 32.1. The minimum Gasteiger partial charge on any atom is -0.311 e. The highest BCUT2D eigenvalue weighted by Gasteiger charge is 2.24. The summed E-state index contributed by atoms with van der Waals surface area (Å²) in [5, 5.41) is 3.47. The van der Waals surface area contributed by atoms with Crippen molar-refractivity contribution >= 4 is 11.7 Å². The van der Waals surface area contributed by atoms with E-state index < -0.39 is 0 Å². The van der Waals surface area contributed by atoms with Crippen molar-refractivity contribution in [2.45, 2.75) is 32.5 Å². The monoisotopic (exact) mass is 212 g/mol. The van der Waals surface area contributed by atoms with E-state index in [0.29, 0.717) is 12.1 Å². The number of piperazine rings is 1. The van der Waals surface area contributed by atoms with Gasteiger partial charge in [-0.2, -0.15) is 8.75 Å². The molecule has 1 aliphatic heterocycles. The standard InChI is InChI=1S/C9H16N4S/c1-7-8(2)13(4-3-10-7)6-9-5-11-14-12-9/h5,7-8,10H,3-4,6H2,1-2H3. The largest absolute Gasteiger partial charge is 0.311 e. The van der Waals surface area contributed by atoms with Crippen LogP contribution in [0.25, 0.3) is 0 Å². The molecule has 1 aromatic heterocycles. The van der Waals surface area contributed by atoms with Crippen LogP contribution in [0.5, 0.6) is 0 Å². The van der Waals surface area contributed by atoms with Crippen LogP contribution in [0.3, 0.4) is 0 Å². The van der Waals surface area contributed by atoms with Crippen molar-refractivity contribution in [3.63, 3.8) is 0 Å². The highest BCUT2D eigenvalue weighted by molar-refractivity contribution is 6.99. The van der Waals surface area contributed by atoms with E-state index >= 15 is 0 Å². The van der Waals surface area contributed by atoms with Crippen molar-refractivity contribution < 1.29 is 0 Å². The number of nitrogens with one attached hydrogen (secondary N) is 1. The van der Waals surface area contributed by atoms with Crippen molar-refractivity contribution in [1.29, 1.82) is 0 Å². The SMILES string of the molecule is CC1NCCN(Cc2cnsn2)C1C. The second-order valence-electron chi connectivity index (χ2n) is 3.85. The predicted molar refractivity (Wildman–Crippen MR) is 57.2 cm³/mol. The maximum absolute atomic E-state index is 4.24. The van der Waals surface area contributed by atoms with Gasteiger partial charge in [-0.1, -0.05) is 0 Å². The van der Waals surface area contributed by atoms with E-state index in [4.69, 9.17) is 0 Å². The molecule has 78 valence electrons. The Balaban J connectivity index is 1.97. The van der Waals surface area contributed by atoms with Crippen LogP contribution >= 0.6 is 11.7 Å². The molecule has 0 aliphatic carbocycles. The number of rotatable bonds is 2. The maximum Gasteiger partial charge on any atom is 0.0883 e. The van der Waals surface area contributed by atoms with E-state index in [1.54, 1.807) is 0 Å². The van der Waals surface area contributed by atoms with Crippen LogP contribution in [-0.2, 0) is 6.54 Å². The lowest BCUT2D eigenvalue weighted by Gasteiger charge is -2.38. The van der Waals surface area contributed by atoms with Gasteiger partial charge in [-0.15, -0.1) is 0 Å². The molecule has 2 rings (SSSR count). The minimum absolute atomic E-state index is 0.565. The number of nitrogens with zero attached hydrogens (tertiary/aromatic N) is 3. The smallest absolute Gasteiger partial charge is 0.0883 e. The summed E-state index contributed by atoms with van der Waals surface area (Å²) in [6.07, 6.45) is 1.87. The molecule has 1 aromatic rings. The molecule has 14 heavy (non-hydrogen) atoms. The second kappa shape index (κ2) is 4.33. The van der Waals surface area contributed by atoms with Crippen LogP contribution in [0.1, 0.15) is 19.5 Å². The van der Waals surface area contributed by atoms with Gasteiger partial charge in [-0.3, -0.25) is 4.90 Å². The number of aromatic nitrogens is 2. The lowest BCUT2D eigenvalue weighted by Crippen LogP contribution is -2.54. The van der Waals surface area contributed by atoms with Crippen molar-refractivity contribution in [3.8, 4) is 0 Å². The van der Waals surface area contributed by atoms with Gasteiger partial charge < -0.3 is 5.32 Å². The fourth-order valence-electron chi connectivity index (χ4n) is 1.81. The molecule has 5 heteroatoms. The fourth-order valence-corrected chi connectivity index (χ4v) is 2.24. The molecule has 1 saturated heterocycles. The van der Waals surface area contributed by atoms with Gasteiger partial charge in [0.2, 0.25) is 0 Å². The predicted octanol–water partition coefficient (Wildman–Crippen LogP) is 0.720. The molecule has 0 amide bonds. The van der Waals surface area contributed by atoms with Gasteiger partial charge in [0.1, 0.15) is 0 Å². The van der Waals surface area contributed by atoms with Crippen LogP contribution in [0.15, 0.2) is 6.20 Å². The van der Waals surface area contributed by atoms with Gasteiger partial charge in [0.05, 0.1) is 23.6 Å². The third-order valence-corrected chi connectivity index (χ3v) is 3.45. The summed E-state index contributed by atoms with van der Waals surface area (Å²) in [5.41, 5.74) is 1.09. The van der Waals surface area contributed by atoms with Gasteiger partial charge in [0, 0.05) is 31.7 Å². The molecular weight excluding hydrogens is 196 g/mol. The van der Waals surface area contributed by atoms with Crippen molar-refractivity contribution in [2.24, 2.45) is 0 Å². The Morgan fingerprint density at radius 3 is 3.21 bits per heavy atom. The summed E-state index contributed by atoms with van der Waals surface area (Å²) in [5.74, 6) is 0. The van der Waals surface area contributed by atoms with E-state index in [1.807, 2.05) is 6.20 Å². The van der Waals surface area contributed by atoms with E-state index in [-0.39, 0.29) is 0 Å². The average molecular weight is 212 g/mol. The van der Waals surface area contributed by atoms with Gasteiger partial charge in [0.25, 0.3) is 0 Å². The summed E-state index contributed by atoms with van der Waals surface area (Å²) in [4.78, 5) is 2.46. The molecule has 1 aliphatic rings. The molecule has 0 spiro atoms. The first kappa shape index (κ1) is 10.0. The normalized spacial score (nSPS) is 29.3. The lowest BCUT2D eigenvalue weighted by molar-refractivity contribution is 0.129. The summed E-state index contributed by atoms with van der Waals surface area (Å²) in [7, 11) is 0. The molecule has 2 atom stereocenters. The zero-order valence-corrected chi connectivity index (χ0v) is 9.42. The molecule has 1 fully saturated rings. The van der Waals surface area contributed by atoms with Gasteiger partial charge in [-0.05, 0) is 13.8 Å². The third-order valence-electron chi connectivity index (χ3n) is 2.94. The molecule has 1 N–H and O–H groups in total. The van der Waals surface area contributed by atoms with Gasteiger partial charge in [0.15, 0.2) is 0 Å². The van der Waals surface area contributed by atoms with Crippen LogP contribution in [0.2, 0.25) is 0 Å². The van der Waals surface area contributed by atoms with E-state index in [0.717, 1.165) is 25.3 Å². The molecule has 0 bridgehead atoms. The van der Waals surface area contributed by atoms with Gasteiger partial charge >= 0.3 is 0 Å². The Labute approximate surface area is 88.7 Å². The molecule has 4 nitrogen and oxygen atoms in total. The molecule has 2 unspecified atom stereocenters. The van der Waals surface area contributed by atoms with Crippen LogP contribution in [-0.4, -0.2) is 38.8 Å². The summed E-state index contributed by atoms with van der Waals surface area (Å²) in [6, 6.07) is 1.14. The molecule has 0 radical (unpaired) electrons. The zero-order valence-electron chi connectivity index (χ0n) is 8.60. The number of hydrogen-bond acceptors (Lipinski definition) is 5. The maximum atomic E-state index is 4.24. The summed E-state index contributed by atoms with van der Waals surface area (Å²) in [6.45, 7) is 7.60. The quantitative estimate of drug-likeness (QED) is 0.784. The minimum atomic E-state index is 0.565. The van der Waals surface area contributed by atoms with Crippen LogP contribution in [0, 0.1) is 0 Å². The highest BCUT2D eigenvalue weighted by Crippen LogP contribution is 2.12. The Hall–Kier alpha value is -0.520. The Morgan fingerprint density at radius 1 is 1.64 bits per heavy atom. The Morgan fingerprint density at radius 2 is 2.50 bits per heavy atom. The van der Waals surface area contributed by atoms with E-state index in [2.05, 4.69) is 32.8 Å². The van der Waals surface area contributed by atoms with Crippen molar-refractivity contribution in [3.05, 3.63) is 11.9 Å². The third kappa shape index (κ3) is 2.10. The first-order valence-corrected chi connectivity index (χ1v) is 5.74. The Kier molecular flexibility index (Phi) is 3.10. The van der Waals surface area contributed by atoms with Crippen molar-refractivity contribution in [2.75, 3.05) is 13.1 Å². The first-order chi connectivity index (χ1) is 6.77. The molecule has 2 heterocycles. The molecule has 0 saturated carbocycles. The van der Waals surface area contributed by atoms with Gasteiger partial charge in [-0.25, -0.2) is 0 Å². The summed E-state index contributed by atoms with van der Waals surface area (Å²) >= 11 is 1.29. The van der Waals surface area contributed by atoms with E-state index in [9.17, 15) is 0 Å². The van der Waals surface area contributed by atoms with Crippen molar-refractivity contribution in [1.82, 2.24) is 19.0 Å². The molecule has 0 aromatic carbocycles. The first-order valence-electron chi connectivity index (χ1n) is 5.01. The Bertz CT molecular complexity index is 274. The zero-order chi connectivity index (χ0) is 9.97. The van der Waals surface area contributed by atoms with Crippen LogP contribution in [0.4, 0.5) is 0 Å². The average Bonchev–Trinajstić information content (AvgIpc) is 2.66. The second-order valence-corrected chi connectivity index (χ2v) is 4.41. The van der Waals surface area contributed by atoms with E-state index in [1.165, 1.54) is 11.7 Å². The molecular formula is C9H16N4S.